The van der Waals surface area contributed by atoms with E-state index in [-0.39, 0.29) is 0 Å². The van der Waals surface area contributed by atoms with Gasteiger partial charge in [-0.25, -0.2) is 9.97 Å². The van der Waals surface area contributed by atoms with Gasteiger partial charge in [0, 0.05) is 24.8 Å². The Morgan fingerprint density at radius 2 is 0.479 bits per heavy atom. The summed E-state index contributed by atoms with van der Waals surface area (Å²) in [5, 5.41) is 0. The van der Waals surface area contributed by atoms with E-state index < -0.39 is 0 Å². The third kappa shape index (κ3) is 6.10. The molecule has 0 unspecified atom stereocenters. The standard InChI is InChI=1S/C42H28N6/c1-5-21-43-35(9-1)39-25-33(26-40(47-39)36-10-2-6-22-44-36)31-17-13-29(14-18-31)30-15-19-32(20-16-30)34-27-41(37-11-3-7-23-45-37)48-42(28-34)38-12-4-8-24-46-38/h1-28H. The second-order valence-electron chi connectivity index (χ2n) is 11.3. The van der Waals surface area contributed by atoms with Crippen LogP contribution in [0.2, 0.25) is 0 Å². The molecule has 48 heavy (non-hydrogen) atoms. The van der Waals surface area contributed by atoms with Crippen LogP contribution in [0.15, 0.2) is 170 Å². The molecule has 0 radical (unpaired) electrons. The van der Waals surface area contributed by atoms with Gasteiger partial charge in [0.25, 0.3) is 0 Å². The summed E-state index contributed by atoms with van der Waals surface area (Å²) < 4.78 is 0. The highest BCUT2D eigenvalue weighted by atomic mass is 14.8. The molecule has 0 saturated heterocycles. The van der Waals surface area contributed by atoms with E-state index in [4.69, 9.17) is 9.97 Å². The van der Waals surface area contributed by atoms with Crippen LogP contribution in [0.25, 0.3) is 78.9 Å². The molecule has 0 bridgehead atoms. The van der Waals surface area contributed by atoms with Crippen LogP contribution in [0.5, 0.6) is 0 Å². The molecule has 0 atom stereocenters. The zero-order chi connectivity index (χ0) is 32.1. The number of hydrogen-bond donors (Lipinski definition) is 0. The lowest BCUT2D eigenvalue weighted by atomic mass is 9.97. The number of pyridine rings is 6. The van der Waals surface area contributed by atoms with Gasteiger partial charge >= 0.3 is 0 Å². The molecule has 0 amide bonds. The first kappa shape index (κ1) is 28.8. The summed E-state index contributed by atoms with van der Waals surface area (Å²) in [5.74, 6) is 0. The topological polar surface area (TPSA) is 77.3 Å². The van der Waals surface area contributed by atoms with Crippen LogP contribution in [-0.4, -0.2) is 29.9 Å². The molecule has 8 rings (SSSR count). The van der Waals surface area contributed by atoms with Crippen molar-refractivity contribution in [2.75, 3.05) is 0 Å². The molecule has 6 nitrogen and oxygen atoms in total. The van der Waals surface area contributed by atoms with E-state index in [1.165, 1.54) is 0 Å². The molecule has 0 N–H and O–H groups in total. The normalized spacial score (nSPS) is 10.9. The minimum atomic E-state index is 0.807. The van der Waals surface area contributed by atoms with E-state index in [1.807, 2.05) is 72.8 Å². The Balaban J connectivity index is 1.11. The average Bonchev–Trinajstić information content (AvgIpc) is 3.19. The van der Waals surface area contributed by atoms with Crippen LogP contribution >= 0.6 is 0 Å². The fraction of sp³-hybridized carbons (Fsp3) is 0. The Bertz CT molecular complexity index is 2010. The summed E-state index contributed by atoms with van der Waals surface area (Å²) in [6.07, 6.45) is 7.16. The van der Waals surface area contributed by atoms with E-state index in [1.54, 1.807) is 24.8 Å². The van der Waals surface area contributed by atoms with Crippen molar-refractivity contribution in [2.24, 2.45) is 0 Å². The predicted molar refractivity (Wildman–Crippen MR) is 191 cm³/mol. The van der Waals surface area contributed by atoms with Crippen molar-refractivity contribution in [3.05, 3.63) is 170 Å². The van der Waals surface area contributed by atoms with Crippen molar-refractivity contribution in [2.45, 2.75) is 0 Å². The second-order valence-corrected chi connectivity index (χ2v) is 11.3. The van der Waals surface area contributed by atoms with Gasteiger partial charge in [-0.05, 0) is 106 Å². The number of rotatable bonds is 7. The van der Waals surface area contributed by atoms with Crippen LogP contribution in [0.1, 0.15) is 0 Å². The van der Waals surface area contributed by atoms with Gasteiger partial charge in [-0.3, -0.25) is 19.9 Å². The number of aromatic nitrogens is 6. The molecule has 226 valence electrons. The highest BCUT2D eigenvalue weighted by Gasteiger charge is 2.12. The SMILES string of the molecule is c1ccc(-c2cc(-c3ccc(-c4ccc(-c5cc(-c6ccccn6)nc(-c6ccccn6)c5)cc4)cc3)cc(-c3ccccn3)n2)nc1. The summed E-state index contributed by atoms with van der Waals surface area (Å²) in [6.45, 7) is 0. The van der Waals surface area contributed by atoms with Gasteiger partial charge in [0.2, 0.25) is 0 Å². The van der Waals surface area contributed by atoms with Crippen LogP contribution in [0.3, 0.4) is 0 Å². The van der Waals surface area contributed by atoms with Crippen molar-refractivity contribution < 1.29 is 0 Å². The maximum Gasteiger partial charge on any atom is 0.0900 e. The molecule has 2 aromatic carbocycles. The molecule has 6 aromatic heterocycles. The molecule has 6 heteroatoms. The van der Waals surface area contributed by atoms with Crippen molar-refractivity contribution in [1.29, 1.82) is 0 Å². The first-order valence-electron chi connectivity index (χ1n) is 15.7. The number of benzene rings is 2. The molecule has 8 aromatic rings. The largest absolute Gasteiger partial charge is 0.255 e. The van der Waals surface area contributed by atoms with E-state index >= 15 is 0 Å². The lowest BCUT2D eigenvalue weighted by Gasteiger charge is -2.11. The van der Waals surface area contributed by atoms with Crippen LogP contribution in [0.4, 0.5) is 0 Å². The molecule has 6 heterocycles. The van der Waals surface area contributed by atoms with Gasteiger partial charge in [-0.15, -0.1) is 0 Å². The van der Waals surface area contributed by atoms with Crippen molar-refractivity contribution in [3.8, 4) is 78.9 Å². The van der Waals surface area contributed by atoms with Gasteiger partial charge in [-0.2, -0.15) is 0 Å². The van der Waals surface area contributed by atoms with E-state index in [2.05, 4.69) is 92.7 Å². The van der Waals surface area contributed by atoms with Crippen LogP contribution in [-0.2, 0) is 0 Å². The Kier molecular flexibility index (Phi) is 7.79. The first-order chi connectivity index (χ1) is 23.8. The van der Waals surface area contributed by atoms with E-state index in [0.717, 1.165) is 78.9 Å². The summed E-state index contributed by atoms with van der Waals surface area (Å²) in [4.78, 5) is 28.0. The minimum absolute atomic E-state index is 0.807. The Hall–Kier alpha value is -6.66. The highest BCUT2D eigenvalue weighted by molar-refractivity contribution is 5.79. The zero-order valence-corrected chi connectivity index (χ0v) is 25.8. The van der Waals surface area contributed by atoms with Crippen LogP contribution < -0.4 is 0 Å². The van der Waals surface area contributed by atoms with Gasteiger partial charge in [0.05, 0.1) is 45.6 Å². The van der Waals surface area contributed by atoms with E-state index in [0.29, 0.717) is 0 Å². The van der Waals surface area contributed by atoms with Crippen molar-refractivity contribution >= 4 is 0 Å². The summed E-state index contributed by atoms with van der Waals surface area (Å²) in [5.41, 5.74) is 13.1. The average molecular weight is 617 g/mol. The maximum atomic E-state index is 4.91. The summed E-state index contributed by atoms with van der Waals surface area (Å²) in [7, 11) is 0. The first-order valence-corrected chi connectivity index (χ1v) is 15.7. The molecular formula is C42H28N6. The molecule has 0 aliphatic carbocycles. The maximum absolute atomic E-state index is 4.91. The fourth-order valence-corrected chi connectivity index (χ4v) is 5.69. The van der Waals surface area contributed by atoms with Crippen LogP contribution in [0, 0.1) is 0 Å². The summed E-state index contributed by atoms with van der Waals surface area (Å²) >= 11 is 0. The van der Waals surface area contributed by atoms with Gasteiger partial charge in [0.1, 0.15) is 0 Å². The highest BCUT2D eigenvalue weighted by Crippen LogP contribution is 2.33. The molecule has 0 aliphatic heterocycles. The lowest BCUT2D eigenvalue weighted by Crippen LogP contribution is -1.94. The van der Waals surface area contributed by atoms with Gasteiger partial charge < -0.3 is 0 Å². The molecule has 0 spiro atoms. The molecule has 0 saturated carbocycles. The van der Waals surface area contributed by atoms with Crippen molar-refractivity contribution in [3.63, 3.8) is 0 Å². The van der Waals surface area contributed by atoms with Gasteiger partial charge in [0.15, 0.2) is 0 Å². The van der Waals surface area contributed by atoms with Gasteiger partial charge in [-0.1, -0.05) is 72.8 Å². The monoisotopic (exact) mass is 616 g/mol. The Labute approximate surface area is 278 Å². The molecule has 0 aliphatic rings. The Morgan fingerprint density at radius 3 is 0.708 bits per heavy atom. The predicted octanol–water partition coefficient (Wildman–Crippen LogP) is 9.73. The van der Waals surface area contributed by atoms with Crippen molar-refractivity contribution in [1.82, 2.24) is 29.9 Å². The number of hydrogen-bond acceptors (Lipinski definition) is 6. The molecule has 0 fully saturated rings. The second kappa shape index (κ2) is 13.0. The third-order valence-electron chi connectivity index (χ3n) is 8.13. The zero-order valence-electron chi connectivity index (χ0n) is 25.8. The third-order valence-corrected chi connectivity index (χ3v) is 8.13. The minimum Gasteiger partial charge on any atom is -0.255 e. The quantitative estimate of drug-likeness (QED) is 0.177. The van der Waals surface area contributed by atoms with E-state index in [9.17, 15) is 0 Å². The Morgan fingerprint density at radius 1 is 0.229 bits per heavy atom. The smallest absolute Gasteiger partial charge is 0.0900 e. The lowest BCUT2D eigenvalue weighted by molar-refractivity contribution is 1.22. The number of nitrogens with zero attached hydrogens (tertiary/aromatic N) is 6. The summed E-state index contributed by atoms with van der Waals surface area (Å²) in [6, 6.07) is 49.1. The molecular weight excluding hydrogens is 589 g/mol. The fourth-order valence-electron chi connectivity index (χ4n) is 5.69.